The molecule has 3 aromatic rings. The number of aryl methyl sites for hydroxylation is 1. The molecule has 0 spiro atoms. The maximum absolute atomic E-state index is 14.9. The minimum Gasteiger partial charge on any atom is -0.496 e. The van der Waals surface area contributed by atoms with Crippen LogP contribution in [-0.4, -0.2) is 113 Å². The van der Waals surface area contributed by atoms with Gasteiger partial charge in [-0.1, -0.05) is 48.0 Å². The number of thioether (sulfide) groups is 1. The number of pyridine rings is 1. The first-order valence-corrected chi connectivity index (χ1v) is 23.7. The van der Waals surface area contributed by atoms with Gasteiger partial charge in [0.2, 0.25) is 21.8 Å². The number of carbonyl (C=O) groups excluding carboxylic acids is 3. The maximum Gasteiger partial charge on any atom is 0.259 e. The summed E-state index contributed by atoms with van der Waals surface area (Å²) in [6.07, 6.45) is 1.41. The number of amides is 3. The van der Waals surface area contributed by atoms with Gasteiger partial charge < -0.3 is 19.7 Å². The summed E-state index contributed by atoms with van der Waals surface area (Å²) in [6.45, 7) is 15.0. The molecule has 7 rings (SSSR count). The third kappa shape index (κ3) is 8.43. The van der Waals surface area contributed by atoms with Gasteiger partial charge in [0.1, 0.15) is 45.4 Å². The number of nitrogens with zero attached hydrogens (tertiary/aromatic N) is 4. The van der Waals surface area contributed by atoms with Crippen LogP contribution in [0.2, 0.25) is 0 Å². The molecular formula is C41H57N7O7S3. The number of rotatable bonds is 14. The Balaban J connectivity index is 1.23. The van der Waals surface area contributed by atoms with Crippen molar-refractivity contribution in [3.63, 3.8) is 0 Å². The Morgan fingerprint density at radius 2 is 1.86 bits per heavy atom. The molecule has 0 radical (unpaired) electrons. The van der Waals surface area contributed by atoms with E-state index in [4.69, 9.17) is 19.4 Å². The van der Waals surface area contributed by atoms with Gasteiger partial charge in [-0.05, 0) is 62.6 Å². The molecule has 4 heterocycles. The molecule has 0 bridgehead atoms. The second-order valence-corrected chi connectivity index (χ2v) is 21.6. The van der Waals surface area contributed by atoms with Crippen LogP contribution in [0.15, 0.2) is 23.6 Å². The van der Waals surface area contributed by atoms with Crippen LogP contribution < -0.4 is 24.8 Å². The van der Waals surface area contributed by atoms with E-state index in [2.05, 4.69) is 34.1 Å². The van der Waals surface area contributed by atoms with Crippen LogP contribution in [0.5, 0.6) is 11.5 Å². The third-order valence-electron chi connectivity index (χ3n) is 11.9. The summed E-state index contributed by atoms with van der Waals surface area (Å²) in [5.41, 5.74) is 1.13. The Morgan fingerprint density at radius 1 is 1.12 bits per heavy atom. The second kappa shape index (κ2) is 16.2. The minimum atomic E-state index is -3.85. The Labute approximate surface area is 350 Å². The summed E-state index contributed by atoms with van der Waals surface area (Å²) in [7, 11) is -0.208. The molecule has 2 saturated heterocycles. The molecule has 1 aromatic carbocycles. The van der Waals surface area contributed by atoms with Gasteiger partial charge in [0.15, 0.2) is 0 Å². The van der Waals surface area contributed by atoms with Crippen LogP contribution in [0.25, 0.3) is 21.6 Å². The summed E-state index contributed by atoms with van der Waals surface area (Å²) in [6, 6.07) is 4.00. The van der Waals surface area contributed by atoms with E-state index in [9.17, 15) is 22.8 Å². The first-order valence-electron chi connectivity index (χ1n) is 20.2. The molecule has 316 valence electrons. The number of carbonyl (C=O) groups is 3. The predicted octanol–water partition coefficient (Wildman–Crippen LogP) is 5.01. The van der Waals surface area contributed by atoms with Crippen molar-refractivity contribution < 1.29 is 32.3 Å². The van der Waals surface area contributed by atoms with Gasteiger partial charge >= 0.3 is 0 Å². The molecule has 6 atom stereocenters. The smallest absolute Gasteiger partial charge is 0.259 e. The number of ether oxygens (including phenoxy) is 2. The van der Waals surface area contributed by atoms with Crippen LogP contribution in [0, 0.1) is 18.3 Å². The lowest BCUT2D eigenvalue weighted by atomic mass is 9.85. The lowest BCUT2D eigenvalue weighted by molar-refractivity contribution is -0.143. The Kier molecular flexibility index (Phi) is 11.9. The monoisotopic (exact) mass is 855 g/mol. The summed E-state index contributed by atoms with van der Waals surface area (Å²) in [4.78, 5) is 57.0. The largest absolute Gasteiger partial charge is 0.496 e. The van der Waals surface area contributed by atoms with Crippen molar-refractivity contribution in [2.75, 3.05) is 33.0 Å². The quantitative estimate of drug-likeness (QED) is 0.198. The minimum absolute atomic E-state index is 0.0869. The fraction of sp³-hybridized carbons (Fsp3) is 0.634. The number of methoxy groups -OCH3 is 1. The van der Waals surface area contributed by atoms with E-state index in [1.54, 1.807) is 23.8 Å². The number of benzene rings is 1. The molecule has 58 heavy (non-hydrogen) atoms. The van der Waals surface area contributed by atoms with Crippen molar-refractivity contribution in [3.05, 3.63) is 34.8 Å². The zero-order chi connectivity index (χ0) is 41.9. The third-order valence-corrected chi connectivity index (χ3v) is 15.9. The molecule has 17 heteroatoms. The van der Waals surface area contributed by atoms with Gasteiger partial charge in [0.25, 0.3) is 5.91 Å². The van der Waals surface area contributed by atoms with E-state index in [-0.39, 0.29) is 36.2 Å². The Bertz CT molecular complexity index is 2190. The summed E-state index contributed by atoms with van der Waals surface area (Å²) in [5, 5.41) is 9.51. The number of hydrogen-bond donors (Lipinski definition) is 3. The van der Waals surface area contributed by atoms with E-state index in [0.717, 1.165) is 33.9 Å². The van der Waals surface area contributed by atoms with E-state index in [1.807, 2.05) is 65.2 Å². The molecule has 4 fully saturated rings. The maximum atomic E-state index is 14.9. The van der Waals surface area contributed by atoms with E-state index >= 15 is 0 Å². The van der Waals surface area contributed by atoms with Gasteiger partial charge in [-0.25, -0.2) is 18.4 Å². The fourth-order valence-electron chi connectivity index (χ4n) is 8.05. The predicted molar refractivity (Wildman–Crippen MR) is 227 cm³/mol. The van der Waals surface area contributed by atoms with Crippen molar-refractivity contribution >= 4 is 61.7 Å². The van der Waals surface area contributed by atoms with Crippen LogP contribution in [0.3, 0.4) is 0 Å². The number of thiazole rings is 1. The van der Waals surface area contributed by atoms with Gasteiger partial charge in [-0.2, -0.15) is 0 Å². The highest BCUT2D eigenvalue weighted by Crippen LogP contribution is 2.47. The second-order valence-electron chi connectivity index (χ2n) is 17.6. The van der Waals surface area contributed by atoms with Gasteiger partial charge in [-0.3, -0.25) is 29.3 Å². The Morgan fingerprint density at radius 3 is 2.45 bits per heavy atom. The van der Waals surface area contributed by atoms with Gasteiger partial charge in [0, 0.05) is 41.1 Å². The highest BCUT2D eigenvalue weighted by molar-refractivity contribution is 8.00. The molecule has 4 aliphatic rings. The zero-order valence-corrected chi connectivity index (χ0v) is 37.3. The molecule has 2 saturated carbocycles. The van der Waals surface area contributed by atoms with Gasteiger partial charge in [-0.15, -0.1) is 23.1 Å². The van der Waals surface area contributed by atoms with E-state index in [0.29, 0.717) is 48.4 Å². The number of nitrogens with one attached hydrogen (secondary N) is 3. The number of aromatic nitrogens is 2. The van der Waals surface area contributed by atoms with E-state index in [1.165, 1.54) is 11.3 Å². The molecule has 3 N–H and O–H groups in total. The number of fused-ring (bicyclic) bond motifs is 1. The van der Waals surface area contributed by atoms with Crippen LogP contribution in [0.4, 0.5) is 0 Å². The van der Waals surface area contributed by atoms with Crippen molar-refractivity contribution in [1.82, 2.24) is 35.1 Å². The van der Waals surface area contributed by atoms with Gasteiger partial charge in [0.05, 0.1) is 36.2 Å². The zero-order valence-electron chi connectivity index (χ0n) is 34.9. The SMILES string of the molecule is CCC1CC1(NC(=O)C1CC(Oc2cc(-c3nc(C(C)C)cs3)nc3c(C)c(OC)ccc23)CN1C(=O)C(NC1SCCN1C)C(C)(C)C)C(=O)NS(=O)(=O)C1CC1. The van der Waals surface area contributed by atoms with E-state index < -0.39 is 56.2 Å². The first kappa shape index (κ1) is 42.6. The normalized spacial score (nSPS) is 25.6. The highest BCUT2D eigenvalue weighted by atomic mass is 32.2. The molecule has 6 unspecified atom stereocenters. The molecule has 14 nitrogen and oxygen atoms in total. The fourth-order valence-corrected chi connectivity index (χ4v) is 11.6. The highest BCUT2D eigenvalue weighted by Gasteiger charge is 2.62. The molecular weight excluding hydrogens is 799 g/mol. The number of sulfonamides is 1. The van der Waals surface area contributed by atoms with Crippen molar-refractivity contribution in [2.24, 2.45) is 11.3 Å². The summed E-state index contributed by atoms with van der Waals surface area (Å²) >= 11 is 3.24. The van der Waals surface area contributed by atoms with Crippen LogP contribution in [-0.2, 0) is 24.4 Å². The Hall–Kier alpha value is -3.51. The lowest BCUT2D eigenvalue weighted by Crippen LogP contribution is -2.61. The molecule has 3 amide bonds. The average Bonchev–Trinajstić information content (AvgIpc) is 3.98. The molecule has 2 aliphatic heterocycles. The topological polar surface area (TPSA) is 172 Å². The van der Waals surface area contributed by atoms with Crippen molar-refractivity contribution in [1.29, 1.82) is 0 Å². The summed E-state index contributed by atoms with van der Waals surface area (Å²) < 4.78 is 40.5. The summed E-state index contributed by atoms with van der Waals surface area (Å²) in [5.74, 6) is 0.656. The number of hydrogen-bond acceptors (Lipinski definition) is 13. The average molecular weight is 856 g/mol. The standard InChI is InChI=1S/C41H57N7O7S3/c1-10-24-19-41(24,38(51)46-58(52,53)26-11-12-26)45-35(49)30-17-25(20-48(30)37(50)34(40(5,6)7)44-39-47(8)15-16-56-39)55-32-18-28(36-43-29(21-57-36)22(2)3)42-33-23(4)31(54-9)14-13-27(32)33/h13-14,18,21-22,24-26,30,34,39,44H,10-12,15-17,19-20H2,1-9H3,(H,45,49)(H,46,51). The van der Waals surface area contributed by atoms with Crippen molar-refractivity contribution in [3.8, 4) is 22.2 Å². The van der Waals surface area contributed by atoms with Crippen LogP contribution >= 0.6 is 23.1 Å². The molecule has 2 aliphatic carbocycles. The van der Waals surface area contributed by atoms with Crippen LogP contribution in [0.1, 0.15) is 90.8 Å². The number of likely N-dealkylation sites (tertiary alicyclic amines) is 1. The molecule has 2 aromatic heterocycles. The lowest BCUT2D eigenvalue weighted by Gasteiger charge is -2.38. The van der Waals surface area contributed by atoms with Crippen molar-refractivity contribution in [2.45, 2.75) is 121 Å². The first-order chi connectivity index (χ1) is 27.4.